The first-order valence-corrected chi connectivity index (χ1v) is 11.4. The highest BCUT2D eigenvalue weighted by molar-refractivity contribution is 7.89. The summed E-state index contributed by atoms with van der Waals surface area (Å²) in [5.41, 5.74) is 4.13. The summed E-state index contributed by atoms with van der Waals surface area (Å²) in [4.78, 5) is 13.3. The van der Waals surface area contributed by atoms with Crippen LogP contribution in [0.2, 0.25) is 0 Å². The smallest absolute Gasteiger partial charge is 0.272 e. The van der Waals surface area contributed by atoms with Gasteiger partial charge in [0.1, 0.15) is 0 Å². The zero-order chi connectivity index (χ0) is 20.6. The van der Waals surface area contributed by atoms with E-state index in [4.69, 9.17) is 0 Å². The van der Waals surface area contributed by atoms with Gasteiger partial charge >= 0.3 is 0 Å². The summed E-state index contributed by atoms with van der Waals surface area (Å²) in [7, 11) is -3.49. The van der Waals surface area contributed by atoms with Gasteiger partial charge in [0, 0.05) is 44.4 Å². The zero-order valence-electron chi connectivity index (χ0n) is 16.5. The maximum Gasteiger partial charge on any atom is 0.272 e. The first kappa shape index (κ1) is 20.0. The lowest BCUT2D eigenvalue weighted by molar-refractivity contribution is -0.385. The molecule has 0 unspecified atom stereocenters. The van der Waals surface area contributed by atoms with Crippen LogP contribution in [-0.2, 0) is 29.4 Å². The Balaban J connectivity index is 1.43. The van der Waals surface area contributed by atoms with E-state index in [0.717, 1.165) is 30.4 Å². The van der Waals surface area contributed by atoms with Crippen molar-refractivity contribution < 1.29 is 13.3 Å². The molecule has 1 fully saturated rings. The van der Waals surface area contributed by atoms with E-state index in [1.807, 2.05) is 18.2 Å². The number of piperazine rings is 1. The fourth-order valence-electron chi connectivity index (χ4n) is 4.27. The van der Waals surface area contributed by atoms with E-state index in [9.17, 15) is 18.5 Å². The minimum atomic E-state index is -3.49. The maximum atomic E-state index is 13.1. The summed E-state index contributed by atoms with van der Waals surface area (Å²) in [6.07, 6.45) is 3.08. The van der Waals surface area contributed by atoms with Crippen LogP contribution in [0.1, 0.15) is 28.7 Å². The van der Waals surface area contributed by atoms with Crippen molar-refractivity contribution in [1.29, 1.82) is 0 Å². The van der Waals surface area contributed by atoms with Gasteiger partial charge in [-0.15, -0.1) is 0 Å². The van der Waals surface area contributed by atoms with Crippen molar-refractivity contribution in [2.24, 2.45) is 0 Å². The van der Waals surface area contributed by atoms with Gasteiger partial charge in [-0.3, -0.25) is 15.0 Å². The number of rotatable bonds is 5. The number of nitro groups is 1. The molecule has 154 valence electrons. The molecule has 7 nitrogen and oxygen atoms in total. The lowest BCUT2D eigenvalue weighted by atomic mass is 10.1. The summed E-state index contributed by atoms with van der Waals surface area (Å²) in [5.74, 6) is 0. The number of hydrogen-bond donors (Lipinski definition) is 0. The molecular formula is C21H25N3O4S. The molecule has 0 radical (unpaired) electrons. The third-order valence-electron chi connectivity index (χ3n) is 6.05. The van der Waals surface area contributed by atoms with Gasteiger partial charge in [0.05, 0.1) is 9.82 Å². The summed E-state index contributed by atoms with van der Waals surface area (Å²) >= 11 is 0. The Morgan fingerprint density at radius 3 is 2.48 bits per heavy atom. The molecule has 0 saturated carbocycles. The average molecular weight is 416 g/mol. The second-order valence-electron chi connectivity index (χ2n) is 7.78. The van der Waals surface area contributed by atoms with E-state index in [-0.39, 0.29) is 10.6 Å². The summed E-state index contributed by atoms with van der Waals surface area (Å²) in [6, 6.07) is 10.6. The third-order valence-corrected chi connectivity index (χ3v) is 7.94. The van der Waals surface area contributed by atoms with Crippen molar-refractivity contribution in [2.75, 3.05) is 26.2 Å². The van der Waals surface area contributed by atoms with Crippen molar-refractivity contribution in [1.82, 2.24) is 9.21 Å². The van der Waals surface area contributed by atoms with Gasteiger partial charge in [0.15, 0.2) is 0 Å². The van der Waals surface area contributed by atoms with E-state index in [1.165, 1.54) is 11.6 Å². The van der Waals surface area contributed by atoms with Gasteiger partial charge < -0.3 is 0 Å². The Kier molecular flexibility index (Phi) is 5.42. The molecule has 0 bridgehead atoms. The summed E-state index contributed by atoms with van der Waals surface area (Å²) in [6.45, 7) is 4.40. The number of fused-ring (bicyclic) bond motifs is 1. The Labute approximate surface area is 171 Å². The van der Waals surface area contributed by atoms with Crippen LogP contribution in [0.25, 0.3) is 0 Å². The first-order valence-electron chi connectivity index (χ1n) is 9.93. The van der Waals surface area contributed by atoms with Crippen LogP contribution in [0.4, 0.5) is 5.69 Å². The molecule has 1 saturated heterocycles. The second kappa shape index (κ2) is 7.85. The Bertz CT molecular complexity index is 1040. The SMILES string of the molecule is Cc1c(CN2CCN(S(=O)(=O)c3ccc4c(c3)CCC4)CC2)cccc1[N+](=O)[O-]. The fourth-order valence-corrected chi connectivity index (χ4v) is 5.74. The van der Waals surface area contributed by atoms with E-state index in [0.29, 0.717) is 43.2 Å². The average Bonchev–Trinajstić information content (AvgIpc) is 3.17. The number of nitro benzene ring substituents is 1. The lowest BCUT2D eigenvalue weighted by Gasteiger charge is -2.34. The Morgan fingerprint density at radius 1 is 1.03 bits per heavy atom. The van der Waals surface area contributed by atoms with Gasteiger partial charge in [0.25, 0.3) is 5.69 Å². The van der Waals surface area contributed by atoms with Crippen molar-refractivity contribution in [3.63, 3.8) is 0 Å². The standard InChI is InChI=1S/C21H25N3O4S/c1-16-19(6-3-7-21(16)24(25)26)15-22-10-12-23(13-11-22)29(27,28)20-9-8-17-4-2-5-18(17)14-20/h3,6-9,14H,2,4-5,10-13,15H2,1H3. The molecule has 29 heavy (non-hydrogen) atoms. The first-order chi connectivity index (χ1) is 13.9. The molecule has 4 rings (SSSR count). The molecule has 1 aliphatic heterocycles. The molecule has 0 amide bonds. The number of nitrogens with zero attached hydrogens (tertiary/aromatic N) is 3. The normalized spacial score (nSPS) is 18.0. The highest BCUT2D eigenvalue weighted by Gasteiger charge is 2.29. The predicted octanol–water partition coefficient (Wildman–Crippen LogP) is 2.90. The van der Waals surface area contributed by atoms with Crippen molar-refractivity contribution >= 4 is 15.7 Å². The lowest BCUT2D eigenvalue weighted by Crippen LogP contribution is -2.48. The van der Waals surface area contributed by atoms with Gasteiger partial charge in [-0.1, -0.05) is 18.2 Å². The highest BCUT2D eigenvalue weighted by Crippen LogP contribution is 2.27. The van der Waals surface area contributed by atoms with Crippen LogP contribution in [-0.4, -0.2) is 48.7 Å². The molecule has 2 aromatic carbocycles. The van der Waals surface area contributed by atoms with Crippen molar-refractivity contribution in [2.45, 2.75) is 37.6 Å². The number of sulfonamides is 1. The minimum Gasteiger partial charge on any atom is -0.296 e. The molecule has 0 spiro atoms. The molecular weight excluding hydrogens is 390 g/mol. The second-order valence-corrected chi connectivity index (χ2v) is 9.72. The molecule has 8 heteroatoms. The molecule has 0 atom stereocenters. The van der Waals surface area contributed by atoms with Crippen LogP contribution in [0.15, 0.2) is 41.3 Å². The molecule has 0 aromatic heterocycles. The third kappa shape index (κ3) is 3.92. The Hall–Kier alpha value is -2.29. The monoisotopic (exact) mass is 415 g/mol. The number of benzene rings is 2. The molecule has 1 aliphatic carbocycles. The van der Waals surface area contributed by atoms with Crippen molar-refractivity contribution in [3.8, 4) is 0 Å². The van der Waals surface area contributed by atoms with Crippen LogP contribution >= 0.6 is 0 Å². The maximum absolute atomic E-state index is 13.1. The zero-order valence-corrected chi connectivity index (χ0v) is 17.3. The highest BCUT2D eigenvalue weighted by atomic mass is 32.2. The topological polar surface area (TPSA) is 83.8 Å². The summed E-state index contributed by atoms with van der Waals surface area (Å²) in [5, 5.41) is 11.1. The number of hydrogen-bond acceptors (Lipinski definition) is 5. The van der Waals surface area contributed by atoms with Crippen LogP contribution < -0.4 is 0 Å². The van der Waals surface area contributed by atoms with Crippen LogP contribution in [0.3, 0.4) is 0 Å². The van der Waals surface area contributed by atoms with Gasteiger partial charge in [-0.05, 0) is 55.0 Å². The van der Waals surface area contributed by atoms with Gasteiger partial charge in [-0.25, -0.2) is 8.42 Å². The Morgan fingerprint density at radius 2 is 1.76 bits per heavy atom. The quantitative estimate of drug-likeness (QED) is 0.554. The van der Waals surface area contributed by atoms with Crippen molar-refractivity contribution in [3.05, 3.63) is 68.8 Å². The molecule has 2 aliphatic rings. The summed E-state index contributed by atoms with van der Waals surface area (Å²) < 4.78 is 27.7. The predicted molar refractivity (Wildman–Crippen MR) is 110 cm³/mol. The minimum absolute atomic E-state index is 0.125. The molecule has 1 heterocycles. The molecule has 2 aromatic rings. The molecule has 0 N–H and O–H groups in total. The fraction of sp³-hybridized carbons (Fsp3) is 0.429. The van der Waals surface area contributed by atoms with Crippen LogP contribution in [0, 0.1) is 17.0 Å². The van der Waals surface area contributed by atoms with E-state index < -0.39 is 10.0 Å². The van der Waals surface area contributed by atoms with E-state index >= 15 is 0 Å². The number of aryl methyl sites for hydroxylation is 2. The van der Waals surface area contributed by atoms with Crippen LogP contribution in [0.5, 0.6) is 0 Å². The van der Waals surface area contributed by atoms with Gasteiger partial charge in [-0.2, -0.15) is 4.31 Å². The van der Waals surface area contributed by atoms with E-state index in [1.54, 1.807) is 23.4 Å². The largest absolute Gasteiger partial charge is 0.296 e. The van der Waals surface area contributed by atoms with E-state index in [2.05, 4.69) is 4.90 Å². The van der Waals surface area contributed by atoms with Gasteiger partial charge in [0.2, 0.25) is 10.0 Å².